The summed E-state index contributed by atoms with van der Waals surface area (Å²) < 4.78 is 40.3. The topological polar surface area (TPSA) is 48.4 Å². The molecule has 31 heavy (non-hydrogen) atoms. The zero-order valence-corrected chi connectivity index (χ0v) is 17.8. The lowest BCUT2D eigenvalue weighted by molar-refractivity contribution is -0.136. The maximum absolute atomic E-state index is 13.4. The number of hydrogen-bond donors (Lipinski definition) is 0. The first-order valence-corrected chi connectivity index (χ1v) is 10.2. The van der Waals surface area contributed by atoms with Crippen molar-refractivity contribution < 1.29 is 13.2 Å². The summed E-state index contributed by atoms with van der Waals surface area (Å²) in [6.07, 6.45) is -2.92. The Hall–Kier alpha value is -2.94. The van der Waals surface area contributed by atoms with Gasteiger partial charge in [0.05, 0.1) is 29.0 Å². The van der Waals surface area contributed by atoms with Crippen molar-refractivity contribution >= 4 is 22.4 Å². The van der Waals surface area contributed by atoms with Gasteiger partial charge in [-0.2, -0.15) is 13.2 Å². The van der Waals surface area contributed by atoms with Crippen LogP contribution in [-0.2, 0) is 12.7 Å². The predicted molar refractivity (Wildman–Crippen MR) is 115 cm³/mol. The van der Waals surface area contributed by atoms with Gasteiger partial charge in [-0.05, 0) is 32.2 Å². The number of anilines is 2. The first-order chi connectivity index (χ1) is 14.7. The molecule has 0 unspecified atom stereocenters. The molecule has 1 saturated heterocycles. The number of likely N-dealkylation sites (N-methyl/N-ethyl adjacent to an activating group) is 1. The molecule has 1 aliphatic rings. The van der Waals surface area contributed by atoms with Crippen molar-refractivity contribution in [3.05, 3.63) is 53.6 Å². The lowest BCUT2D eigenvalue weighted by Crippen LogP contribution is -2.45. The summed E-state index contributed by atoms with van der Waals surface area (Å²) in [6.45, 7) is 6.04. The van der Waals surface area contributed by atoms with Crippen LogP contribution in [-0.4, -0.2) is 60.1 Å². The molecule has 1 aromatic carbocycles. The third-order valence-corrected chi connectivity index (χ3v) is 5.57. The van der Waals surface area contributed by atoms with Crippen molar-refractivity contribution in [2.24, 2.45) is 0 Å². The Morgan fingerprint density at radius 1 is 1.06 bits per heavy atom. The van der Waals surface area contributed by atoms with Crippen molar-refractivity contribution in [1.29, 1.82) is 0 Å². The standard InChI is InChI=1S/C22H25F3N6/c1-15-27-16(13-20(28-15)31-11-9-29(2)10-12-31)14-30(3)19-7-6-18(22(23,24)25)17-5-4-8-26-21(17)19/h4-8,13H,9-12,14H2,1-3H3. The van der Waals surface area contributed by atoms with Crippen molar-refractivity contribution in [1.82, 2.24) is 19.9 Å². The van der Waals surface area contributed by atoms with Crippen LogP contribution in [0.5, 0.6) is 0 Å². The van der Waals surface area contributed by atoms with Gasteiger partial charge in [-0.15, -0.1) is 0 Å². The van der Waals surface area contributed by atoms with Gasteiger partial charge in [-0.3, -0.25) is 4.98 Å². The van der Waals surface area contributed by atoms with E-state index < -0.39 is 11.7 Å². The third kappa shape index (κ3) is 4.56. The summed E-state index contributed by atoms with van der Waals surface area (Å²) in [6, 6.07) is 7.55. The molecule has 3 heterocycles. The maximum atomic E-state index is 13.4. The van der Waals surface area contributed by atoms with Crippen molar-refractivity contribution in [2.45, 2.75) is 19.6 Å². The molecule has 0 spiro atoms. The van der Waals surface area contributed by atoms with E-state index in [4.69, 9.17) is 0 Å². The van der Waals surface area contributed by atoms with Crippen LogP contribution in [0.25, 0.3) is 10.9 Å². The number of rotatable bonds is 4. The maximum Gasteiger partial charge on any atom is 0.417 e. The minimum Gasteiger partial charge on any atom is -0.367 e. The van der Waals surface area contributed by atoms with Gasteiger partial charge in [0.25, 0.3) is 0 Å². The summed E-state index contributed by atoms with van der Waals surface area (Å²) in [5.74, 6) is 1.56. The van der Waals surface area contributed by atoms with Gasteiger partial charge in [-0.25, -0.2) is 9.97 Å². The van der Waals surface area contributed by atoms with Crippen molar-refractivity contribution in [3.8, 4) is 0 Å². The van der Waals surface area contributed by atoms with Crippen LogP contribution in [0, 0.1) is 6.92 Å². The van der Waals surface area contributed by atoms with Crippen LogP contribution in [0.1, 0.15) is 17.1 Å². The van der Waals surface area contributed by atoms with Crippen LogP contribution in [0.2, 0.25) is 0 Å². The zero-order valence-electron chi connectivity index (χ0n) is 17.8. The molecular formula is C22H25F3N6. The van der Waals surface area contributed by atoms with Gasteiger partial charge < -0.3 is 14.7 Å². The minimum atomic E-state index is -4.43. The Bertz CT molecular complexity index is 1080. The molecule has 3 aromatic rings. The van der Waals surface area contributed by atoms with E-state index in [9.17, 15) is 13.2 Å². The molecule has 0 aliphatic carbocycles. The van der Waals surface area contributed by atoms with E-state index in [1.807, 2.05) is 24.9 Å². The molecule has 1 fully saturated rings. The Kier molecular flexibility index (Phi) is 5.70. The smallest absolute Gasteiger partial charge is 0.367 e. The summed E-state index contributed by atoms with van der Waals surface area (Å²) in [5.41, 5.74) is 1.08. The molecule has 9 heteroatoms. The molecule has 6 nitrogen and oxygen atoms in total. The molecule has 0 saturated carbocycles. The Morgan fingerprint density at radius 2 is 1.81 bits per heavy atom. The van der Waals surface area contributed by atoms with E-state index >= 15 is 0 Å². The summed E-state index contributed by atoms with van der Waals surface area (Å²) in [7, 11) is 3.94. The van der Waals surface area contributed by atoms with E-state index in [0.29, 0.717) is 23.6 Å². The van der Waals surface area contributed by atoms with Crippen LogP contribution >= 0.6 is 0 Å². The monoisotopic (exact) mass is 430 g/mol. The highest BCUT2D eigenvalue weighted by molar-refractivity contribution is 5.93. The first kappa shape index (κ1) is 21.3. The fraction of sp³-hybridized carbons (Fsp3) is 0.409. The number of pyridine rings is 1. The van der Waals surface area contributed by atoms with Crippen LogP contribution in [0.15, 0.2) is 36.5 Å². The lowest BCUT2D eigenvalue weighted by atomic mass is 10.1. The van der Waals surface area contributed by atoms with Crippen LogP contribution in [0.4, 0.5) is 24.7 Å². The number of piperazine rings is 1. The van der Waals surface area contributed by atoms with Gasteiger partial charge in [0.15, 0.2) is 0 Å². The number of benzene rings is 1. The van der Waals surface area contributed by atoms with Gasteiger partial charge in [0.1, 0.15) is 11.6 Å². The highest BCUT2D eigenvalue weighted by Crippen LogP contribution is 2.37. The number of hydrogen-bond acceptors (Lipinski definition) is 6. The van der Waals surface area contributed by atoms with Gasteiger partial charge in [0.2, 0.25) is 0 Å². The van der Waals surface area contributed by atoms with Gasteiger partial charge >= 0.3 is 6.18 Å². The summed E-state index contributed by atoms with van der Waals surface area (Å²) >= 11 is 0. The predicted octanol–water partition coefficient (Wildman–Crippen LogP) is 3.74. The molecule has 0 N–H and O–H groups in total. The average Bonchev–Trinajstić information content (AvgIpc) is 2.72. The second-order valence-electron chi connectivity index (χ2n) is 7.94. The SMILES string of the molecule is Cc1nc(CN(C)c2ccc(C(F)(F)F)c3cccnc23)cc(N2CCN(C)CC2)n1. The van der Waals surface area contributed by atoms with Gasteiger partial charge in [-0.1, -0.05) is 6.07 Å². The summed E-state index contributed by atoms with van der Waals surface area (Å²) in [4.78, 5) is 19.8. The second kappa shape index (κ2) is 8.30. The number of alkyl halides is 3. The largest absolute Gasteiger partial charge is 0.417 e. The lowest BCUT2D eigenvalue weighted by Gasteiger charge is -2.33. The van der Waals surface area contributed by atoms with E-state index in [1.54, 1.807) is 0 Å². The zero-order chi connectivity index (χ0) is 22.2. The molecule has 4 rings (SSSR count). The quantitative estimate of drug-likeness (QED) is 0.629. The molecule has 0 amide bonds. The number of nitrogens with zero attached hydrogens (tertiary/aromatic N) is 6. The highest BCUT2D eigenvalue weighted by atomic mass is 19.4. The number of aryl methyl sites for hydroxylation is 1. The molecule has 1 aliphatic heterocycles. The number of fused-ring (bicyclic) bond motifs is 1. The Balaban J connectivity index is 1.63. The average molecular weight is 430 g/mol. The highest BCUT2D eigenvalue weighted by Gasteiger charge is 2.33. The molecule has 2 aromatic heterocycles. The molecule has 0 radical (unpaired) electrons. The van der Waals surface area contributed by atoms with E-state index in [1.165, 1.54) is 24.4 Å². The van der Waals surface area contributed by atoms with E-state index in [2.05, 4.69) is 31.8 Å². The fourth-order valence-electron chi connectivity index (χ4n) is 3.93. The Morgan fingerprint density at radius 3 is 2.52 bits per heavy atom. The number of aromatic nitrogens is 3. The van der Waals surface area contributed by atoms with Gasteiger partial charge in [0, 0.05) is 50.9 Å². The summed E-state index contributed by atoms with van der Waals surface area (Å²) in [5, 5.41) is 0.0938. The second-order valence-corrected chi connectivity index (χ2v) is 7.94. The van der Waals surface area contributed by atoms with Crippen molar-refractivity contribution in [3.63, 3.8) is 0 Å². The minimum absolute atomic E-state index is 0.0938. The molecular weight excluding hydrogens is 405 g/mol. The number of halogens is 3. The van der Waals surface area contributed by atoms with Crippen molar-refractivity contribution in [2.75, 3.05) is 50.1 Å². The van der Waals surface area contributed by atoms with E-state index in [-0.39, 0.29) is 5.39 Å². The molecule has 0 atom stereocenters. The normalized spacial score (nSPS) is 15.5. The fourth-order valence-corrected chi connectivity index (χ4v) is 3.93. The third-order valence-electron chi connectivity index (χ3n) is 5.57. The molecule has 0 bridgehead atoms. The molecule has 164 valence electrons. The van der Waals surface area contributed by atoms with Crippen LogP contribution < -0.4 is 9.80 Å². The Labute approximate surface area is 179 Å². The first-order valence-electron chi connectivity index (χ1n) is 10.2. The van der Waals surface area contributed by atoms with E-state index in [0.717, 1.165) is 43.8 Å². The van der Waals surface area contributed by atoms with Crippen LogP contribution in [0.3, 0.4) is 0 Å².